The fraction of sp³-hybridized carbons (Fsp3) is 0.111. The van der Waals surface area contributed by atoms with Crippen molar-refractivity contribution in [2.75, 3.05) is 5.73 Å². The average molecular weight is 485 g/mol. The Kier molecular flexibility index (Phi) is 7.16. The summed E-state index contributed by atoms with van der Waals surface area (Å²) in [5.74, 6) is -2.70. The van der Waals surface area contributed by atoms with Gasteiger partial charge < -0.3 is 16.4 Å². The number of fused-ring (bicyclic) bond motifs is 1. The van der Waals surface area contributed by atoms with E-state index in [1.165, 1.54) is 30.3 Å². The third-order valence-corrected chi connectivity index (χ3v) is 5.65. The summed E-state index contributed by atoms with van der Waals surface area (Å²) in [6, 6.07) is 17.4. The monoisotopic (exact) mass is 485 g/mol. The number of hydrogen-bond acceptors (Lipinski definition) is 5. The van der Waals surface area contributed by atoms with Crippen LogP contribution in [-0.2, 0) is 17.8 Å². The Bertz CT molecular complexity index is 1480. The van der Waals surface area contributed by atoms with Gasteiger partial charge >= 0.3 is 0 Å². The van der Waals surface area contributed by atoms with Gasteiger partial charge in [0.05, 0.1) is 11.6 Å². The van der Waals surface area contributed by atoms with E-state index in [-0.39, 0.29) is 18.5 Å². The molecule has 1 aromatic heterocycles. The Morgan fingerprint density at radius 1 is 0.972 bits per heavy atom. The van der Waals surface area contributed by atoms with Crippen LogP contribution in [0.3, 0.4) is 0 Å². The predicted molar refractivity (Wildman–Crippen MR) is 130 cm³/mol. The average Bonchev–Trinajstić information content (AvgIpc) is 2.89. The number of nitriles is 1. The summed E-state index contributed by atoms with van der Waals surface area (Å²) in [5, 5.41) is 16.0. The minimum Gasteiger partial charge on any atom is -0.383 e. The molecule has 0 radical (unpaired) electrons. The molecule has 2 amide bonds. The molecule has 0 aliphatic heterocycles. The minimum atomic E-state index is -1.07. The van der Waals surface area contributed by atoms with Crippen molar-refractivity contribution in [3.05, 3.63) is 107 Å². The number of amides is 2. The van der Waals surface area contributed by atoms with Crippen molar-refractivity contribution >= 4 is 28.4 Å². The van der Waals surface area contributed by atoms with Gasteiger partial charge in [0.1, 0.15) is 11.9 Å². The molecule has 4 rings (SSSR count). The molecule has 0 saturated carbocycles. The van der Waals surface area contributed by atoms with Crippen LogP contribution in [0.5, 0.6) is 0 Å². The fourth-order valence-electron chi connectivity index (χ4n) is 3.72. The molecular formula is C27H21F2N5O2. The third-order valence-electron chi connectivity index (χ3n) is 5.65. The van der Waals surface area contributed by atoms with Gasteiger partial charge in [-0.15, -0.1) is 0 Å². The zero-order valence-corrected chi connectivity index (χ0v) is 19.0. The lowest BCUT2D eigenvalue weighted by Crippen LogP contribution is -2.47. The van der Waals surface area contributed by atoms with Gasteiger partial charge in [0.2, 0.25) is 5.91 Å². The summed E-state index contributed by atoms with van der Waals surface area (Å²) in [4.78, 5) is 29.9. The molecule has 0 unspecified atom stereocenters. The lowest BCUT2D eigenvalue weighted by molar-refractivity contribution is -0.123. The second-order valence-electron chi connectivity index (χ2n) is 8.14. The smallest absolute Gasteiger partial charge is 0.251 e. The van der Waals surface area contributed by atoms with Gasteiger partial charge in [-0.3, -0.25) is 9.59 Å². The van der Waals surface area contributed by atoms with E-state index in [0.717, 1.165) is 28.5 Å². The van der Waals surface area contributed by atoms with E-state index in [2.05, 4.69) is 15.6 Å². The molecule has 4 aromatic rings. The maximum absolute atomic E-state index is 13.8. The predicted octanol–water partition coefficient (Wildman–Crippen LogP) is 3.62. The topological polar surface area (TPSA) is 121 Å². The van der Waals surface area contributed by atoms with Gasteiger partial charge in [-0.1, -0.05) is 18.2 Å². The summed E-state index contributed by atoms with van der Waals surface area (Å²) in [6.07, 6.45) is 1.53. The number of nitrogens with zero attached hydrogens (tertiary/aromatic N) is 2. The number of carbonyl (C=O) groups is 2. The highest BCUT2D eigenvalue weighted by Gasteiger charge is 2.22. The van der Waals surface area contributed by atoms with Crippen LogP contribution in [-0.4, -0.2) is 22.8 Å². The SMILES string of the molecule is N#Cc1ccc(C(=O)N[C@@H](Cc2ccc(F)c(F)c2)C(=O)NCc2ccc3c(N)nccc3c2)cc1. The first-order valence-corrected chi connectivity index (χ1v) is 11.0. The van der Waals surface area contributed by atoms with Gasteiger partial charge in [0.15, 0.2) is 11.6 Å². The Morgan fingerprint density at radius 2 is 1.72 bits per heavy atom. The molecule has 0 aliphatic carbocycles. The first-order valence-electron chi connectivity index (χ1n) is 11.0. The van der Waals surface area contributed by atoms with Crippen LogP contribution < -0.4 is 16.4 Å². The van der Waals surface area contributed by atoms with Crippen molar-refractivity contribution < 1.29 is 18.4 Å². The molecule has 0 saturated heterocycles. The van der Waals surface area contributed by atoms with Gasteiger partial charge in [0, 0.05) is 30.1 Å². The van der Waals surface area contributed by atoms with Crippen LogP contribution in [0.2, 0.25) is 0 Å². The quantitative estimate of drug-likeness (QED) is 0.369. The molecule has 1 heterocycles. The molecule has 9 heteroatoms. The standard InChI is InChI=1S/C27H21F2N5O2/c28-22-8-4-17(12-23(22)29)13-24(34-26(35)19-5-1-16(14-30)2-6-19)27(36)33-15-18-3-7-21-20(11-18)9-10-32-25(21)31/h1-12,24H,13,15H2,(H2,31,32)(H,33,36)(H,34,35)/t24-/m0/s1. The summed E-state index contributed by atoms with van der Waals surface area (Å²) in [6.45, 7) is 0.165. The Hall–Kier alpha value is -4.84. The summed E-state index contributed by atoms with van der Waals surface area (Å²) < 4.78 is 27.1. The third kappa shape index (κ3) is 5.62. The fourth-order valence-corrected chi connectivity index (χ4v) is 3.72. The van der Waals surface area contributed by atoms with E-state index in [1.807, 2.05) is 18.2 Å². The molecule has 3 aromatic carbocycles. The molecule has 180 valence electrons. The van der Waals surface area contributed by atoms with Crippen LogP contribution in [0.25, 0.3) is 10.8 Å². The molecule has 0 spiro atoms. The number of nitrogens with one attached hydrogen (secondary N) is 2. The zero-order chi connectivity index (χ0) is 25.7. The maximum atomic E-state index is 13.8. The van der Waals surface area contributed by atoms with Crippen molar-refractivity contribution in [2.45, 2.75) is 19.0 Å². The molecular weight excluding hydrogens is 464 g/mol. The number of benzene rings is 3. The van der Waals surface area contributed by atoms with Crippen molar-refractivity contribution in [2.24, 2.45) is 0 Å². The number of rotatable bonds is 7. The Morgan fingerprint density at radius 3 is 2.44 bits per heavy atom. The van der Waals surface area contributed by atoms with Crippen molar-refractivity contribution in [1.29, 1.82) is 5.26 Å². The zero-order valence-electron chi connectivity index (χ0n) is 19.0. The number of anilines is 1. The van der Waals surface area contributed by atoms with Crippen molar-refractivity contribution in [3.8, 4) is 6.07 Å². The van der Waals surface area contributed by atoms with E-state index in [9.17, 15) is 18.4 Å². The van der Waals surface area contributed by atoms with Crippen LogP contribution in [0.1, 0.15) is 27.0 Å². The van der Waals surface area contributed by atoms with E-state index in [4.69, 9.17) is 11.0 Å². The number of aromatic nitrogens is 1. The number of carbonyl (C=O) groups excluding carboxylic acids is 2. The van der Waals surface area contributed by atoms with Crippen LogP contribution in [0, 0.1) is 23.0 Å². The molecule has 0 bridgehead atoms. The van der Waals surface area contributed by atoms with E-state index < -0.39 is 29.5 Å². The van der Waals surface area contributed by atoms with Crippen LogP contribution in [0.4, 0.5) is 14.6 Å². The summed E-state index contributed by atoms with van der Waals surface area (Å²) >= 11 is 0. The molecule has 4 N–H and O–H groups in total. The highest BCUT2D eigenvalue weighted by molar-refractivity contribution is 5.97. The number of pyridine rings is 1. The van der Waals surface area contributed by atoms with Crippen LogP contribution >= 0.6 is 0 Å². The van der Waals surface area contributed by atoms with Gasteiger partial charge in [0.25, 0.3) is 5.91 Å². The first-order chi connectivity index (χ1) is 17.3. The van der Waals surface area contributed by atoms with Crippen LogP contribution in [0.15, 0.2) is 72.9 Å². The van der Waals surface area contributed by atoms with E-state index in [1.54, 1.807) is 18.3 Å². The largest absolute Gasteiger partial charge is 0.383 e. The van der Waals surface area contributed by atoms with Gasteiger partial charge in [-0.2, -0.15) is 5.26 Å². The number of hydrogen-bond donors (Lipinski definition) is 3. The van der Waals surface area contributed by atoms with Gasteiger partial charge in [-0.05, 0) is 65.0 Å². The maximum Gasteiger partial charge on any atom is 0.251 e. The minimum absolute atomic E-state index is 0.0645. The summed E-state index contributed by atoms with van der Waals surface area (Å²) in [5.41, 5.74) is 7.65. The summed E-state index contributed by atoms with van der Waals surface area (Å²) in [7, 11) is 0. The highest BCUT2D eigenvalue weighted by atomic mass is 19.2. The molecule has 36 heavy (non-hydrogen) atoms. The first kappa shape index (κ1) is 24.3. The lowest BCUT2D eigenvalue weighted by Gasteiger charge is -2.19. The lowest BCUT2D eigenvalue weighted by atomic mass is 10.0. The molecule has 0 fully saturated rings. The Labute approximate surface area is 205 Å². The van der Waals surface area contributed by atoms with Crippen molar-refractivity contribution in [3.63, 3.8) is 0 Å². The Balaban J connectivity index is 1.52. The number of nitrogen functional groups attached to an aromatic ring is 1. The number of halogens is 2. The molecule has 0 aliphatic rings. The number of nitrogens with two attached hydrogens (primary N) is 1. The van der Waals surface area contributed by atoms with Gasteiger partial charge in [-0.25, -0.2) is 13.8 Å². The van der Waals surface area contributed by atoms with E-state index >= 15 is 0 Å². The molecule has 1 atom stereocenters. The molecule has 7 nitrogen and oxygen atoms in total. The highest BCUT2D eigenvalue weighted by Crippen LogP contribution is 2.20. The van der Waals surface area contributed by atoms with E-state index in [0.29, 0.717) is 16.9 Å². The normalized spacial score (nSPS) is 11.5. The second kappa shape index (κ2) is 10.6. The second-order valence-corrected chi connectivity index (χ2v) is 8.14. The van der Waals surface area contributed by atoms with Crippen molar-refractivity contribution in [1.82, 2.24) is 15.6 Å².